The molecule has 1 unspecified atom stereocenters. The summed E-state index contributed by atoms with van der Waals surface area (Å²) < 4.78 is 14.1. The van der Waals surface area contributed by atoms with E-state index >= 15 is 0 Å². The van der Waals surface area contributed by atoms with E-state index in [9.17, 15) is 9.18 Å². The Morgan fingerprint density at radius 1 is 1.41 bits per heavy atom. The standard InChI is InChI=1S/C13H17BrFNO/c1-8(2)6-9(3)16-13(17)11-5-4-10(14)7-12(11)15/h4-5,7-9H,6H2,1-3H3,(H,16,17). The van der Waals surface area contributed by atoms with Crippen LogP contribution in [0.1, 0.15) is 37.6 Å². The Hall–Kier alpha value is -0.900. The van der Waals surface area contributed by atoms with Gasteiger partial charge in [0.05, 0.1) is 5.56 Å². The fourth-order valence-electron chi connectivity index (χ4n) is 1.74. The van der Waals surface area contributed by atoms with E-state index in [-0.39, 0.29) is 17.5 Å². The minimum Gasteiger partial charge on any atom is -0.349 e. The van der Waals surface area contributed by atoms with Crippen molar-refractivity contribution in [3.63, 3.8) is 0 Å². The van der Waals surface area contributed by atoms with Crippen molar-refractivity contribution in [3.8, 4) is 0 Å². The predicted molar refractivity (Wildman–Crippen MR) is 70.5 cm³/mol. The van der Waals surface area contributed by atoms with Crippen LogP contribution in [-0.4, -0.2) is 11.9 Å². The van der Waals surface area contributed by atoms with Gasteiger partial charge < -0.3 is 5.32 Å². The molecule has 1 atom stereocenters. The van der Waals surface area contributed by atoms with Crippen molar-refractivity contribution in [2.45, 2.75) is 33.2 Å². The van der Waals surface area contributed by atoms with Crippen molar-refractivity contribution in [3.05, 3.63) is 34.1 Å². The van der Waals surface area contributed by atoms with E-state index < -0.39 is 5.82 Å². The van der Waals surface area contributed by atoms with Crippen LogP contribution in [0.15, 0.2) is 22.7 Å². The number of hydrogen-bond acceptors (Lipinski definition) is 1. The van der Waals surface area contributed by atoms with Crippen LogP contribution in [0, 0.1) is 11.7 Å². The van der Waals surface area contributed by atoms with Gasteiger partial charge >= 0.3 is 0 Å². The first-order valence-corrected chi connectivity index (χ1v) is 6.45. The Morgan fingerprint density at radius 3 is 2.59 bits per heavy atom. The number of amides is 1. The van der Waals surface area contributed by atoms with Crippen molar-refractivity contribution < 1.29 is 9.18 Å². The number of nitrogens with one attached hydrogen (secondary N) is 1. The van der Waals surface area contributed by atoms with Crippen LogP contribution >= 0.6 is 15.9 Å². The number of rotatable bonds is 4. The molecule has 0 saturated heterocycles. The monoisotopic (exact) mass is 301 g/mol. The first-order chi connectivity index (χ1) is 7.90. The molecule has 2 nitrogen and oxygen atoms in total. The van der Waals surface area contributed by atoms with Crippen molar-refractivity contribution in [1.82, 2.24) is 5.32 Å². The molecule has 1 amide bonds. The summed E-state index contributed by atoms with van der Waals surface area (Å²) >= 11 is 3.16. The van der Waals surface area contributed by atoms with Gasteiger partial charge in [-0.1, -0.05) is 29.8 Å². The van der Waals surface area contributed by atoms with Crippen LogP contribution in [0.25, 0.3) is 0 Å². The molecule has 0 aliphatic carbocycles. The maximum absolute atomic E-state index is 13.5. The van der Waals surface area contributed by atoms with Crippen molar-refractivity contribution >= 4 is 21.8 Å². The van der Waals surface area contributed by atoms with Crippen LogP contribution in [0.5, 0.6) is 0 Å². The third kappa shape index (κ3) is 4.46. The van der Waals surface area contributed by atoms with Crippen LogP contribution in [-0.2, 0) is 0 Å². The molecule has 0 spiro atoms. The normalized spacial score (nSPS) is 12.6. The molecule has 94 valence electrons. The molecule has 0 fully saturated rings. The van der Waals surface area contributed by atoms with Gasteiger partial charge in [0.2, 0.25) is 0 Å². The first-order valence-electron chi connectivity index (χ1n) is 5.66. The maximum atomic E-state index is 13.5. The summed E-state index contributed by atoms with van der Waals surface area (Å²) in [4.78, 5) is 11.8. The summed E-state index contributed by atoms with van der Waals surface area (Å²) in [6.07, 6.45) is 0.879. The smallest absolute Gasteiger partial charge is 0.254 e. The van der Waals surface area contributed by atoms with Crippen LogP contribution in [0.4, 0.5) is 4.39 Å². The number of carbonyl (C=O) groups is 1. The summed E-state index contributed by atoms with van der Waals surface area (Å²) in [5, 5.41) is 2.79. The third-order valence-electron chi connectivity index (χ3n) is 2.38. The summed E-state index contributed by atoms with van der Waals surface area (Å²) in [6, 6.07) is 4.48. The lowest BCUT2D eigenvalue weighted by Crippen LogP contribution is -2.34. The van der Waals surface area contributed by atoms with Gasteiger partial charge in [0.1, 0.15) is 5.82 Å². The van der Waals surface area contributed by atoms with E-state index in [1.54, 1.807) is 6.07 Å². The number of hydrogen-bond donors (Lipinski definition) is 1. The van der Waals surface area contributed by atoms with Gasteiger partial charge in [-0.15, -0.1) is 0 Å². The van der Waals surface area contributed by atoms with Crippen LogP contribution in [0.3, 0.4) is 0 Å². The highest BCUT2D eigenvalue weighted by Crippen LogP contribution is 2.15. The second-order valence-electron chi connectivity index (χ2n) is 4.63. The predicted octanol–water partition coefficient (Wildman–Crippen LogP) is 3.75. The average molecular weight is 302 g/mol. The van der Waals surface area contributed by atoms with Gasteiger partial charge in [-0.25, -0.2) is 4.39 Å². The lowest BCUT2D eigenvalue weighted by atomic mass is 10.0. The van der Waals surface area contributed by atoms with E-state index in [0.29, 0.717) is 10.4 Å². The van der Waals surface area contributed by atoms with Gasteiger partial charge in [-0.05, 0) is 37.5 Å². The second-order valence-corrected chi connectivity index (χ2v) is 5.54. The lowest BCUT2D eigenvalue weighted by Gasteiger charge is -2.16. The SMILES string of the molecule is CC(C)CC(C)NC(=O)c1ccc(Br)cc1F. The molecule has 0 saturated carbocycles. The van der Waals surface area contributed by atoms with Crippen LogP contribution in [0.2, 0.25) is 0 Å². The van der Waals surface area contributed by atoms with E-state index in [4.69, 9.17) is 0 Å². The highest BCUT2D eigenvalue weighted by Gasteiger charge is 2.14. The Morgan fingerprint density at radius 2 is 2.06 bits per heavy atom. The number of carbonyl (C=O) groups excluding carboxylic acids is 1. The van der Waals surface area contributed by atoms with Gasteiger partial charge in [0.25, 0.3) is 5.91 Å². The molecule has 17 heavy (non-hydrogen) atoms. The lowest BCUT2D eigenvalue weighted by molar-refractivity contribution is 0.0932. The zero-order valence-corrected chi connectivity index (χ0v) is 11.8. The van der Waals surface area contributed by atoms with E-state index in [2.05, 4.69) is 35.1 Å². The Kier molecular flexibility index (Phi) is 5.12. The summed E-state index contributed by atoms with van der Waals surface area (Å²) in [6.45, 7) is 6.10. The molecule has 4 heteroatoms. The van der Waals surface area contributed by atoms with Crippen molar-refractivity contribution in [1.29, 1.82) is 0 Å². The zero-order valence-electron chi connectivity index (χ0n) is 10.3. The molecule has 1 rings (SSSR count). The first kappa shape index (κ1) is 14.2. The quantitative estimate of drug-likeness (QED) is 0.901. The largest absolute Gasteiger partial charge is 0.349 e. The summed E-state index contributed by atoms with van der Waals surface area (Å²) in [5.41, 5.74) is 0.0869. The fourth-order valence-corrected chi connectivity index (χ4v) is 2.07. The molecule has 0 radical (unpaired) electrons. The third-order valence-corrected chi connectivity index (χ3v) is 2.87. The molecule has 0 aromatic heterocycles. The van der Waals surface area contributed by atoms with E-state index in [1.807, 2.05) is 6.92 Å². The maximum Gasteiger partial charge on any atom is 0.254 e. The highest BCUT2D eigenvalue weighted by molar-refractivity contribution is 9.10. The van der Waals surface area contributed by atoms with Crippen LogP contribution < -0.4 is 5.32 Å². The molecule has 0 aliphatic rings. The van der Waals surface area contributed by atoms with Gasteiger partial charge in [-0.3, -0.25) is 4.79 Å². The second kappa shape index (κ2) is 6.15. The highest BCUT2D eigenvalue weighted by atomic mass is 79.9. The molecular weight excluding hydrogens is 285 g/mol. The molecule has 0 bridgehead atoms. The molecule has 0 aliphatic heterocycles. The number of benzene rings is 1. The number of halogens is 2. The average Bonchev–Trinajstić information content (AvgIpc) is 2.15. The Labute approximate surface area is 110 Å². The topological polar surface area (TPSA) is 29.1 Å². The minimum atomic E-state index is -0.506. The van der Waals surface area contributed by atoms with Gasteiger partial charge in [0.15, 0.2) is 0 Å². The minimum absolute atomic E-state index is 0.0468. The van der Waals surface area contributed by atoms with E-state index in [1.165, 1.54) is 12.1 Å². The van der Waals surface area contributed by atoms with E-state index in [0.717, 1.165) is 6.42 Å². The van der Waals surface area contributed by atoms with Crippen molar-refractivity contribution in [2.75, 3.05) is 0 Å². The molecule has 1 N–H and O–H groups in total. The Bertz CT molecular complexity index is 406. The summed E-state index contributed by atoms with van der Waals surface area (Å²) in [7, 11) is 0. The van der Waals surface area contributed by atoms with Crippen molar-refractivity contribution in [2.24, 2.45) is 5.92 Å². The van der Waals surface area contributed by atoms with Gasteiger partial charge in [-0.2, -0.15) is 0 Å². The Balaban J connectivity index is 2.70. The molecule has 1 aromatic carbocycles. The summed E-state index contributed by atoms with van der Waals surface area (Å²) in [5.74, 6) is -0.364. The molecular formula is C13H17BrFNO. The molecule has 0 heterocycles. The fraction of sp³-hybridized carbons (Fsp3) is 0.462. The molecule has 1 aromatic rings. The zero-order chi connectivity index (χ0) is 13.0. The van der Waals surface area contributed by atoms with Gasteiger partial charge in [0, 0.05) is 10.5 Å².